The van der Waals surface area contributed by atoms with Crippen LogP contribution in [0.1, 0.15) is 62.2 Å². The van der Waals surface area contributed by atoms with Crippen LogP contribution in [-0.4, -0.2) is 58.9 Å². The average Bonchev–Trinajstić information content (AvgIpc) is 3.17. The first-order valence-electron chi connectivity index (χ1n) is 11.1. The van der Waals surface area contributed by atoms with Gasteiger partial charge in [0.25, 0.3) is 5.89 Å². The molecule has 2 fully saturated rings. The lowest BCUT2D eigenvalue weighted by Gasteiger charge is -2.42. The van der Waals surface area contributed by atoms with Crippen molar-refractivity contribution in [3.63, 3.8) is 0 Å². The molecule has 3 aliphatic rings. The molecule has 2 aliphatic heterocycles. The maximum Gasteiger partial charge on any atom is 0.319 e. The van der Waals surface area contributed by atoms with Crippen LogP contribution in [0.25, 0.3) is 11.1 Å². The first-order valence-corrected chi connectivity index (χ1v) is 11.5. The summed E-state index contributed by atoms with van der Waals surface area (Å²) in [5.74, 6) is -0.115. The van der Waals surface area contributed by atoms with Gasteiger partial charge in [0.1, 0.15) is 5.52 Å². The minimum absolute atomic E-state index is 0.0836. The predicted molar refractivity (Wildman–Crippen MR) is 119 cm³/mol. The molecule has 2 aromatic rings. The summed E-state index contributed by atoms with van der Waals surface area (Å²) in [5, 5.41) is 6.38. The van der Waals surface area contributed by atoms with E-state index in [0.717, 1.165) is 50.8 Å². The van der Waals surface area contributed by atoms with Crippen LogP contribution < -0.4 is 10.6 Å². The number of anilines is 1. The number of aromatic nitrogens is 1. The second kappa shape index (κ2) is 7.67. The van der Waals surface area contributed by atoms with Crippen LogP contribution in [0.2, 0.25) is 5.02 Å². The van der Waals surface area contributed by atoms with Crippen molar-refractivity contribution in [1.29, 1.82) is 0 Å². The number of rotatable bonds is 2. The van der Waals surface area contributed by atoms with Crippen molar-refractivity contribution in [2.45, 2.75) is 57.5 Å². The first kappa shape index (κ1) is 20.6. The van der Waals surface area contributed by atoms with E-state index in [4.69, 9.17) is 16.0 Å². The number of nitrogens with zero attached hydrogens (tertiary/aromatic N) is 3. The fourth-order valence-electron chi connectivity index (χ4n) is 5.24. The molecule has 9 heteroatoms. The van der Waals surface area contributed by atoms with Crippen LogP contribution in [-0.2, 0) is 5.54 Å². The maximum absolute atomic E-state index is 13.2. The minimum Gasteiger partial charge on any atom is -0.432 e. The molecule has 0 unspecified atom stereocenters. The summed E-state index contributed by atoms with van der Waals surface area (Å²) in [6.07, 6.45) is 4.77. The highest BCUT2D eigenvalue weighted by atomic mass is 35.5. The molecule has 0 radical (unpaired) electrons. The Hall–Kier alpha value is -2.32. The number of urea groups is 1. The third-order valence-corrected chi connectivity index (χ3v) is 7.22. The number of halogens is 1. The zero-order chi connectivity index (χ0) is 21.8. The van der Waals surface area contributed by atoms with Crippen LogP contribution in [0, 0.1) is 0 Å². The Morgan fingerprint density at radius 3 is 2.58 bits per heavy atom. The number of carbonyl (C=O) groups is 2. The Kier molecular flexibility index (Phi) is 5.09. The summed E-state index contributed by atoms with van der Waals surface area (Å²) < 4.78 is 6.11. The molecule has 5 rings (SSSR count). The van der Waals surface area contributed by atoms with E-state index in [0.29, 0.717) is 40.9 Å². The first-order chi connectivity index (χ1) is 14.9. The van der Waals surface area contributed by atoms with Crippen molar-refractivity contribution in [3.05, 3.63) is 22.5 Å². The fraction of sp³-hybridized carbons (Fsp3) is 0.591. The Bertz CT molecular complexity index is 1040. The van der Waals surface area contributed by atoms with Gasteiger partial charge in [0.2, 0.25) is 0 Å². The van der Waals surface area contributed by atoms with Gasteiger partial charge in [-0.15, -0.1) is 0 Å². The number of piperazine rings is 1. The molecule has 8 nitrogen and oxygen atoms in total. The van der Waals surface area contributed by atoms with Crippen LogP contribution in [0.3, 0.4) is 0 Å². The number of benzene rings is 1. The Balaban J connectivity index is 1.53. The molecule has 31 heavy (non-hydrogen) atoms. The number of hydrogen-bond donors (Lipinski definition) is 2. The van der Waals surface area contributed by atoms with E-state index >= 15 is 0 Å². The van der Waals surface area contributed by atoms with Crippen molar-refractivity contribution >= 4 is 40.3 Å². The third-order valence-electron chi connectivity index (χ3n) is 6.92. The molecule has 1 aliphatic carbocycles. The van der Waals surface area contributed by atoms with Crippen molar-refractivity contribution < 1.29 is 14.0 Å². The van der Waals surface area contributed by atoms with E-state index in [1.165, 1.54) is 0 Å². The Morgan fingerprint density at radius 1 is 1.19 bits per heavy atom. The summed E-state index contributed by atoms with van der Waals surface area (Å²) in [6.45, 7) is 7.30. The molecule has 3 heterocycles. The van der Waals surface area contributed by atoms with Crippen LogP contribution in [0.4, 0.5) is 10.5 Å². The van der Waals surface area contributed by atoms with Crippen LogP contribution in [0.5, 0.6) is 0 Å². The van der Waals surface area contributed by atoms with E-state index in [2.05, 4.69) is 34.4 Å². The van der Waals surface area contributed by atoms with Gasteiger partial charge in [-0.25, -0.2) is 9.78 Å². The summed E-state index contributed by atoms with van der Waals surface area (Å²) >= 11 is 6.55. The zero-order valence-corrected chi connectivity index (χ0v) is 18.7. The minimum atomic E-state index is -0.540. The maximum atomic E-state index is 13.2. The molecule has 1 aromatic carbocycles. The molecule has 166 valence electrons. The van der Waals surface area contributed by atoms with Gasteiger partial charge in [-0.1, -0.05) is 30.9 Å². The topological polar surface area (TPSA) is 90.7 Å². The molecule has 1 saturated heterocycles. The average molecular weight is 446 g/mol. The SMILES string of the molecule is CC(C)N1CCN(C(=O)c2nc3cc(Cl)c4c(c3o2)C2(CCCCC2)NC(=O)N4)CC1. The molecule has 1 spiro atoms. The summed E-state index contributed by atoms with van der Waals surface area (Å²) in [4.78, 5) is 34.2. The van der Waals surface area contributed by atoms with Gasteiger partial charge >= 0.3 is 11.9 Å². The molecular formula is C22H28ClN5O3. The molecular weight excluding hydrogens is 418 g/mol. The lowest BCUT2D eigenvalue weighted by Crippen LogP contribution is -2.52. The van der Waals surface area contributed by atoms with E-state index in [1.54, 1.807) is 11.0 Å². The van der Waals surface area contributed by atoms with Gasteiger partial charge in [-0.2, -0.15) is 0 Å². The number of fused-ring (bicyclic) bond motifs is 4. The summed E-state index contributed by atoms with van der Waals surface area (Å²) in [7, 11) is 0. The fourth-order valence-corrected chi connectivity index (χ4v) is 5.48. The highest BCUT2D eigenvalue weighted by Crippen LogP contribution is 2.48. The standard InChI is InChI=1S/C22H28ClN5O3/c1-13(2)27-8-10-28(11-9-27)20(29)19-24-15-12-14(23)17-16(18(15)31-19)22(26-21(30)25-17)6-4-3-5-7-22/h12-13H,3-11H2,1-2H3,(H2,25,26,30). The van der Waals surface area contributed by atoms with Crippen molar-refractivity contribution in [2.75, 3.05) is 31.5 Å². The molecule has 1 aromatic heterocycles. The second-order valence-corrected chi connectivity index (χ2v) is 9.53. The van der Waals surface area contributed by atoms with Crippen molar-refractivity contribution in [3.8, 4) is 0 Å². The second-order valence-electron chi connectivity index (χ2n) is 9.12. The lowest BCUT2D eigenvalue weighted by molar-refractivity contribution is 0.0560. The van der Waals surface area contributed by atoms with Gasteiger partial charge in [0, 0.05) is 37.8 Å². The number of amides is 3. The van der Waals surface area contributed by atoms with Crippen LogP contribution >= 0.6 is 11.6 Å². The molecule has 0 bridgehead atoms. The highest BCUT2D eigenvalue weighted by Gasteiger charge is 2.44. The third kappa shape index (κ3) is 3.46. The van der Waals surface area contributed by atoms with Crippen molar-refractivity contribution in [1.82, 2.24) is 20.1 Å². The van der Waals surface area contributed by atoms with Gasteiger partial charge in [0.05, 0.1) is 16.2 Å². The summed E-state index contributed by atoms with van der Waals surface area (Å²) in [5.41, 5.74) is 1.95. The normalized spacial score (nSPS) is 21.3. The highest BCUT2D eigenvalue weighted by molar-refractivity contribution is 6.35. The van der Waals surface area contributed by atoms with Crippen molar-refractivity contribution in [2.24, 2.45) is 0 Å². The molecule has 1 saturated carbocycles. The van der Waals surface area contributed by atoms with Crippen LogP contribution in [0.15, 0.2) is 10.5 Å². The number of oxazole rings is 1. The van der Waals surface area contributed by atoms with E-state index in [-0.39, 0.29) is 17.8 Å². The number of hydrogen-bond acceptors (Lipinski definition) is 5. The summed E-state index contributed by atoms with van der Waals surface area (Å²) in [6, 6.07) is 1.88. The Morgan fingerprint density at radius 2 is 1.90 bits per heavy atom. The smallest absolute Gasteiger partial charge is 0.319 e. The quantitative estimate of drug-likeness (QED) is 0.730. The molecule has 3 amide bonds. The number of nitrogens with one attached hydrogen (secondary N) is 2. The Labute approximate surface area is 186 Å². The van der Waals surface area contributed by atoms with E-state index < -0.39 is 5.54 Å². The van der Waals surface area contributed by atoms with Gasteiger partial charge in [0.15, 0.2) is 5.58 Å². The lowest BCUT2D eigenvalue weighted by atomic mass is 9.74. The van der Waals surface area contributed by atoms with E-state index in [1.807, 2.05) is 0 Å². The van der Waals surface area contributed by atoms with E-state index in [9.17, 15) is 9.59 Å². The largest absolute Gasteiger partial charge is 0.432 e. The van der Waals surface area contributed by atoms with Gasteiger partial charge in [-0.05, 0) is 32.8 Å². The molecule has 2 N–H and O–H groups in total. The van der Waals surface area contributed by atoms with Gasteiger partial charge in [-0.3, -0.25) is 9.69 Å². The number of carbonyl (C=O) groups excluding carboxylic acids is 2. The molecule has 0 atom stereocenters. The van der Waals surface area contributed by atoms with Gasteiger partial charge < -0.3 is 20.0 Å². The predicted octanol–water partition coefficient (Wildman–Crippen LogP) is 3.94. The monoisotopic (exact) mass is 445 g/mol. The zero-order valence-electron chi connectivity index (χ0n) is 18.0.